The van der Waals surface area contributed by atoms with E-state index in [-0.39, 0.29) is 41.7 Å². The van der Waals surface area contributed by atoms with Crippen molar-refractivity contribution in [1.29, 1.82) is 0 Å². The summed E-state index contributed by atoms with van der Waals surface area (Å²) in [7, 11) is 0. The highest BCUT2D eigenvalue weighted by molar-refractivity contribution is 6.51. The lowest BCUT2D eigenvalue weighted by Crippen LogP contribution is -2.61. The summed E-state index contributed by atoms with van der Waals surface area (Å²) in [6, 6.07) is -3.51. The summed E-state index contributed by atoms with van der Waals surface area (Å²) in [4.78, 5) is 66.9. The number of primary amides is 1. The molecule has 3 unspecified atom stereocenters. The van der Waals surface area contributed by atoms with Crippen LogP contribution in [0.5, 0.6) is 0 Å². The van der Waals surface area contributed by atoms with Gasteiger partial charge in [0.15, 0.2) is 0 Å². The predicted molar refractivity (Wildman–Crippen MR) is 156 cm³/mol. The molecule has 12 heteroatoms. The van der Waals surface area contributed by atoms with Gasteiger partial charge in [0.2, 0.25) is 17.6 Å². The van der Waals surface area contributed by atoms with Crippen molar-refractivity contribution in [2.75, 3.05) is 6.54 Å². The maximum atomic E-state index is 14.2. The first-order valence-corrected chi connectivity index (χ1v) is 15.8. The molecule has 0 radical (unpaired) electrons. The van der Waals surface area contributed by atoms with E-state index in [1.165, 1.54) is 4.90 Å². The number of carbonyl (C=O) groups excluding carboxylic acids is 5. The van der Waals surface area contributed by atoms with E-state index in [0.717, 1.165) is 51.4 Å². The highest BCUT2D eigenvalue weighted by atomic mass is 35.5. The van der Waals surface area contributed by atoms with Gasteiger partial charge in [0.05, 0.1) is 6.04 Å². The van der Waals surface area contributed by atoms with Crippen molar-refractivity contribution >= 4 is 52.7 Å². The van der Waals surface area contributed by atoms with E-state index in [1.54, 1.807) is 0 Å². The number of hydrogen-bond donors (Lipinski definition) is 4. The van der Waals surface area contributed by atoms with Gasteiger partial charge in [-0.15, -0.1) is 23.2 Å². The van der Waals surface area contributed by atoms with Crippen LogP contribution in [-0.4, -0.2) is 69.5 Å². The van der Waals surface area contributed by atoms with E-state index >= 15 is 0 Å². The van der Waals surface area contributed by atoms with E-state index in [1.807, 2.05) is 27.7 Å². The summed E-state index contributed by atoms with van der Waals surface area (Å²) >= 11 is 13.0. The minimum absolute atomic E-state index is 0.0767. The fraction of sp³-hybridized carbons (Fsp3) is 0.828. The third-order valence-corrected chi connectivity index (χ3v) is 10.9. The topological polar surface area (TPSA) is 151 Å². The highest BCUT2D eigenvalue weighted by Gasteiger charge is 2.74. The lowest BCUT2D eigenvalue weighted by Gasteiger charge is -2.37. The minimum atomic E-state index is -1.18. The first-order valence-electron chi connectivity index (χ1n) is 15.0. The summed E-state index contributed by atoms with van der Waals surface area (Å²) in [5.74, 6) is -3.61. The maximum absolute atomic E-state index is 14.2. The van der Waals surface area contributed by atoms with Crippen molar-refractivity contribution in [3.05, 3.63) is 0 Å². The summed E-state index contributed by atoms with van der Waals surface area (Å²) in [6.07, 6.45) is 7.72. The number of hydrogen-bond acceptors (Lipinski definition) is 5. The number of nitrogens with one attached hydrogen (secondary N) is 3. The summed E-state index contributed by atoms with van der Waals surface area (Å²) in [5.41, 5.74) is 5.12. The molecule has 0 aromatic rings. The van der Waals surface area contributed by atoms with Gasteiger partial charge in [-0.1, -0.05) is 59.3 Å². The van der Waals surface area contributed by atoms with Gasteiger partial charge in [0.25, 0.3) is 5.91 Å². The quantitative estimate of drug-likeness (QED) is 0.220. The van der Waals surface area contributed by atoms with Gasteiger partial charge in [-0.3, -0.25) is 19.2 Å². The summed E-state index contributed by atoms with van der Waals surface area (Å²) in [5, 5.41) is 8.61. The first kappa shape index (κ1) is 31.9. The Morgan fingerprint density at radius 3 is 2.12 bits per heavy atom. The van der Waals surface area contributed by atoms with Crippen LogP contribution in [0.2, 0.25) is 0 Å². The Kier molecular flexibility index (Phi) is 9.53. The zero-order valence-electron chi connectivity index (χ0n) is 24.5. The van der Waals surface area contributed by atoms with E-state index in [0.29, 0.717) is 6.42 Å². The van der Waals surface area contributed by atoms with Gasteiger partial charge >= 0.3 is 6.03 Å². The molecule has 41 heavy (non-hydrogen) atoms. The van der Waals surface area contributed by atoms with Crippen molar-refractivity contribution in [2.24, 2.45) is 34.8 Å². The highest BCUT2D eigenvalue weighted by Crippen LogP contribution is 2.65. The van der Waals surface area contributed by atoms with Gasteiger partial charge in [0.1, 0.15) is 16.4 Å². The Hall–Kier alpha value is -2.07. The van der Waals surface area contributed by atoms with Gasteiger partial charge in [-0.05, 0) is 43.4 Å². The number of amides is 5. The monoisotopic (exact) mass is 613 g/mol. The Morgan fingerprint density at radius 2 is 1.59 bits per heavy atom. The summed E-state index contributed by atoms with van der Waals surface area (Å²) in [6.45, 7) is 8.14. The third-order valence-electron chi connectivity index (χ3n) is 9.87. The van der Waals surface area contributed by atoms with Crippen LogP contribution < -0.4 is 21.7 Å². The normalized spacial score (nSPS) is 28.0. The number of fused-ring (bicyclic) bond motifs is 1. The van der Waals surface area contributed by atoms with Crippen LogP contribution in [0.25, 0.3) is 0 Å². The fourth-order valence-electron chi connectivity index (χ4n) is 6.48. The predicted octanol–water partition coefficient (Wildman–Crippen LogP) is 3.03. The Morgan fingerprint density at radius 1 is 0.951 bits per heavy atom. The molecular weight excluding hydrogens is 569 g/mol. The Bertz CT molecular complexity index is 1050. The van der Waals surface area contributed by atoms with Crippen LogP contribution in [-0.2, 0) is 19.2 Å². The van der Waals surface area contributed by atoms with Crippen molar-refractivity contribution in [1.82, 2.24) is 20.9 Å². The molecule has 10 nitrogen and oxygen atoms in total. The molecule has 0 spiro atoms. The van der Waals surface area contributed by atoms with Crippen LogP contribution in [0.15, 0.2) is 0 Å². The molecule has 5 N–H and O–H groups in total. The largest absolute Gasteiger partial charge is 0.363 e. The molecule has 0 bridgehead atoms. The molecule has 5 amide bonds. The van der Waals surface area contributed by atoms with Crippen molar-refractivity contribution < 1.29 is 24.0 Å². The van der Waals surface area contributed by atoms with E-state index < -0.39 is 52.0 Å². The molecule has 0 aromatic carbocycles. The number of rotatable bonds is 10. The van der Waals surface area contributed by atoms with Crippen molar-refractivity contribution in [3.8, 4) is 0 Å². The first-order chi connectivity index (χ1) is 19.1. The third kappa shape index (κ3) is 6.95. The maximum Gasteiger partial charge on any atom is 0.315 e. The number of nitrogens with two attached hydrogens (primary N) is 1. The molecule has 230 valence electrons. The number of nitrogens with zero attached hydrogens (tertiary/aromatic N) is 1. The van der Waals surface area contributed by atoms with Crippen LogP contribution in [0.1, 0.15) is 85.5 Å². The number of piperidine rings is 1. The number of alkyl halides is 2. The van der Waals surface area contributed by atoms with Gasteiger partial charge in [-0.25, -0.2) is 4.79 Å². The molecule has 0 aromatic heterocycles. The van der Waals surface area contributed by atoms with Gasteiger partial charge in [0, 0.05) is 24.4 Å². The molecule has 4 fully saturated rings. The smallest absolute Gasteiger partial charge is 0.315 e. The van der Waals surface area contributed by atoms with Gasteiger partial charge < -0.3 is 26.6 Å². The van der Waals surface area contributed by atoms with Crippen LogP contribution in [0, 0.1) is 29.1 Å². The number of carbonyl (C=O) groups is 5. The summed E-state index contributed by atoms with van der Waals surface area (Å²) < 4.78 is -1.18. The lowest BCUT2D eigenvalue weighted by molar-refractivity contribution is -0.144. The number of halogens is 2. The van der Waals surface area contributed by atoms with Crippen molar-refractivity contribution in [3.63, 3.8) is 0 Å². The zero-order chi connectivity index (χ0) is 30.3. The molecule has 4 rings (SSSR count). The molecular formula is C29H45Cl2N5O5. The van der Waals surface area contributed by atoms with Crippen LogP contribution >= 0.6 is 23.2 Å². The standard InChI is InChI=1S/C29H45Cl2N5O5/c1-15(28(2,3)4)33-27(41)35-21(17-11-6-5-7-12-17)26(40)36-14-18-20(29(18,30)31)22(36)25(39)34-19(23(37)24(32)38)13-16-9-8-10-16/h15-22H,5-14H2,1-4H3,(H2,32,38)(H,34,39)(H2,33,35,41)/t15?,18?,19?,20-,21-,22-/m0/s1. The van der Waals surface area contributed by atoms with Gasteiger partial charge in [-0.2, -0.15) is 0 Å². The zero-order valence-corrected chi connectivity index (χ0v) is 26.0. The lowest BCUT2D eigenvalue weighted by atomic mass is 9.80. The molecule has 1 aliphatic heterocycles. The molecule has 3 aliphatic carbocycles. The average Bonchev–Trinajstić information content (AvgIpc) is 3.20. The van der Waals surface area contributed by atoms with E-state index in [4.69, 9.17) is 28.9 Å². The number of urea groups is 1. The molecule has 4 aliphatic rings. The Labute approximate surface area is 252 Å². The number of Topliss-reactive ketones (excluding diaryl/α,β-unsaturated/α-hetero) is 1. The minimum Gasteiger partial charge on any atom is -0.363 e. The Balaban J connectivity index is 1.55. The second-order valence-corrected chi connectivity index (χ2v) is 15.1. The fourth-order valence-corrected chi connectivity index (χ4v) is 7.31. The average molecular weight is 615 g/mol. The van der Waals surface area contributed by atoms with E-state index in [2.05, 4.69) is 16.0 Å². The van der Waals surface area contributed by atoms with Crippen molar-refractivity contribution in [2.45, 2.75) is 114 Å². The SMILES string of the molecule is CC(NC(=O)N[C@H](C(=O)N1CC2[C@@H]([C@H]1C(=O)NC(CC1CCC1)C(=O)C(N)=O)C2(Cl)Cl)C1CCCCC1)C(C)(C)C. The molecule has 6 atom stereocenters. The van der Waals surface area contributed by atoms with Crippen LogP contribution in [0.3, 0.4) is 0 Å². The number of likely N-dealkylation sites (tertiary alicyclic amines) is 1. The second kappa shape index (κ2) is 12.3. The second-order valence-electron chi connectivity index (χ2n) is 13.6. The molecule has 3 saturated carbocycles. The molecule has 1 saturated heterocycles. The van der Waals surface area contributed by atoms with E-state index in [9.17, 15) is 24.0 Å². The van der Waals surface area contributed by atoms with Crippen LogP contribution in [0.4, 0.5) is 4.79 Å². The molecule has 1 heterocycles. The number of ketones is 1.